The minimum atomic E-state index is -0.359. The predicted octanol–water partition coefficient (Wildman–Crippen LogP) is 1.59. The molecule has 1 aliphatic rings. The average molecular weight is 250 g/mol. The van der Waals surface area contributed by atoms with Crippen LogP contribution in [0.15, 0.2) is 12.4 Å². The Morgan fingerprint density at radius 1 is 1.67 bits per heavy atom. The second-order valence-corrected chi connectivity index (χ2v) is 4.97. The molecule has 1 saturated heterocycles. The molecule has 1 aliphatic heterocycles. The highest BCUT2D eigenvalue weighted by atomic mass is 16.2. The molecule has 5 nitrogen and oxygen atoms in total. The highest BCUT2D eigenvalue weighted by Gasteiger charge is 2.30. The Balaban J connectivity index is 2.10. The zero-order valence-corrected chi connectivity index (χ0v) is 10.9. The molecule has 3 N–H and O–H groups in total. The molecular weight excluding hydrogens is 228 g/mol. The van der Waals surface area contributed by atoms with E-state index in [1.807, 2.05) is 17.3 Å². The van der Waals surface area contributed by atoms with Crippen molar-refractivity contribution in [2.24, 2.45) is 5.73 Å². The van der Waals surface area contributed by atoms with Crippen molar-refractivity contribution in [3.8, 4) is 0 Å². The van der Waals surface area contributed by atoms with Crippen molar-refractivity contribution in [1.29, 1.82) is 0 Å². The number of aromatic amines is 1. The van der Waals surface area contributed by atoms with Crippen LogP contribution >= 0.6 is 0 Å². The number of rotatable bonds is 4. The molecule has 0 bridgehead atoms. The van der Waals surface area contributed by atoms with E-state index in [0.717, 1.165) is 44.2 Å². The molecular formula is C13H22N4O. The Morgan fingerprint density at radius 2 is 2.50 bits per heavy atom. The van der Waals surface area contributed by atoms with Crippen molar-refractivity contribution in [2.45, 2.75) is 51.1 Å². The maximum atomic E-state index is 12.4. The topological polar surface area (TPSA) is 75.0 Å². The van der Waals surface area contributed by atoms with Gasteiger partial charge in [0.25, 0.3) is 0 Å². The molecule has 0 spiro atoms. The number of nitrogens with two attached hydrogens (primary N) is 1. The molecule has 2 heterocycles. The van der Waals surface area contributed by atoms with E-state index in [9.17, 15) is 4.79 Å². The quantitative estimate of drug-likeness (QED) is 0.852. The monoisotopic (exact) mass is 250 g/mol. The van der Waals surface area contributed by atoms with Crippen LogP contribution in [0.5, 0.6) is 0 Å². The van der Waals surface area contributed by atoms with E-state index in [1.165, 1.54) is 0 Å². The van der Waals surface area contributed by atoms with Crippen LogP contribution in [-0.2, 0) is 4.79 Å². The molecule has 100 valence electrons. The van der Waals surface area contributed by atoms with Gasteiger partial charge in [-0.25, -0.2) is 0 Å². The van der Waals surface area contributed by atoms with Crippen LogP contribution in [0.3, 0.4) is 0 Å². The fourth-order valence-electron chi connectivity index (χ4n) is 2.63. The van der Waals surface area contributed by atoms with Gasteiger partial charge < -0.3 is 10.6 Å². The van der Waals surface area contributed by atoms with Gasteiger partial charge >= 0.3 is 0 Å². The van der Waals surface area contributed by atoms with Crippen molar-refractivity contribution in [3.05, 3.63) is 18.0 Å². The smallest absolute Gasteiger partial charge is 0.239 e. The second kappa shape index (κ2) is 6.00. The van der Waals surface area contributed by atoms with Crippen molar-refractivity contribution in [3.63, 3.8) is 0 Å². The SMILES string of the molecule is CCCC(N)C(=O)N1CCCCC1c1cn[nH]c1. The molecule has 2 atom stereocenters. The summed E-state index contributed by atoms with van der Waals surface area (Å²) in [5.74, 6) is 0.0859. The standard InChI is InChI=1S/C13H22N4O/c1-2-5-11(14)13(18)17-7-4-3-6-12(17)10-8-15-16-9-10/h8-9,11-12H,2-7,14H2,1H3,(H,15,16). The van der Waals surface area contributed by atoms with Crippen molar-refractivity contribution in [2.75, 3.05) is 6.54 Å². The summed E-state index contributed by atoms with van der Waals surface area (Å²) in [6.07, 6.45) is 8.61. The molecule has 2 unspecified atom stereocenters. The maximum Gasteiger partial charge on any atom is 0.239 e. The fraction of sp³-hybridized carbons (Fsp3) is 0.692. The summed E-state index contributed by atoms with van der Waals surface area (Å²) in [5, 5.41) is 6.80. The summed E-state index contributed by atoms with van der Waals surface area (Å²) >= 11 is 0. The maximum absolute atomic E-state index is 12.4. The van der Waals surface area contributed by atoms with Gasteiger partial charge in [0.1, 0.15) is 0 Å². The molecule has 2 rings (SSSR count). The van der Waals surface area contributed by atoms with Gasteiger partial charge in [0.05, 0.1) is 18.3 Å². The lowest BCUT2D eigenvalue weighted by atomic mass is 9.96. The molecule has 1 fully saturated rings. The predicted molar refractivity (Wildman–Crippen MR) is 69.8 cm³/mol. The number of likely N-dealkylation sites (tertiary alicyclic amines) is 1. The first-order valence-corrected chi connectivity index (χ1v) is 6.78. The summed E-state index contributed by atoms with van der Waals surface area (Å²) < 4.78 is 0. The molecule has 0 saturated carbocycles. The van der Waals surface area contributed by atoms with Gasteiger partial charge in [-0.05, 0) is 25.7 Å². The van der Waals surface area contributed by atoms with Crippen molar-refractivity contribution >= 4 is 5.91 Å². The van der Waals surface area contributed by atoms with Gasteiger partial charge in [0, 0.05) is 18.3 Å². The van der Waals surface area contributed by atoms with E-state index in [1.54, 1.807) is 0 Å². The number of piperidine rings is 1. The van der Waals surface area contributed by atoms with E-state index in [0.29, 0.717) is 0 Å². The minimum Gasteiger partial charge on any atom is -0.334 e. The van der Waals surface area contributed by atoms with Gasteiger partial charge in [-0.15, -0.1) is 0 Å². The van der Waals surface area contributed by atoms with Crippen LogP contribution in [0, 0.1) is 0 Å². The first-order chi connectivity index (χ1) is 8.74. The third kappa shape index (κ3) is 2.72. The van der Waals surface area contributed by atoms with Gasteiger partial charge in [0.2, 0.25) is 5.91 Å². The third-order valence-corrected chi connectivity index (χ3v) is 3.61. The Labute approximate surface area is 108 Å². The summed E-state index contributed by atoms with van der Waals surface area (Å²) in [4.78, 5) is 14.3. The minimum absolute atomic E-state index is 0.0859. The van der Waals surface area contributed by atoms with Crippen LogP contribution in [0.2, 0.25) is 0 Å². The number of hydrogen-bond acceptors (Lipinski definition) is 3. The van der Waals surface area contributed by atoms with Crippen LogP contribution in [0.25, 0.3) is 0 Å². The number of carbonyl (C=O) groups excluding carboxylic acids is 1. The molecule has 18 heavy (non-hydrogen) atoms. The summed E-state index contributed by atoms with van der Waals surface area (Å²) in [7, 11) is 0. The first-order valence-electron chi connectivity index (χ1n) is 6.78. The normalized spacial score (nSPS) is 21.9. The molecule has 1 aromatic heterocycles. The number of hydrogen-bond donors (Lipinski definition) is 2. The van der Waals surface area contributed by atoms with E-state index in [2.05, 4.69) is 17.1 Å². The molecule has 0 aliphatic carbocycles. The largest absolute Gasteiger partial charge is 0.334 e. The number of aromatic nitrogens is 2. The Kier molecular flexibility index (Phi) is 4.36. The van der Waals surface area contributed by atoms with Crippen molar-refractivity contribution in [1.82, 2.24) is 15.1 Å². The first kappa shape index (κ1) is 13.1. The molecule has 1 aromatic rings. The van der Waals surface area contributed by atoms with Gasteiger partial charge in [-0.3, -0.25) is 9.89 Å². The van der Waals surface area contributed by atoms with Gasteiger partial charge in [-0.1, -0.05) is 13.3 Å². The third-order valence-electron chi connectivity index (χ3n) is 3.61. The Bertz CT molecular complexity index is 376. The zero-order chi connectivity index (χ0) is 13.0. The lowest BCUT2D eigenvalue weighted by molar-refractivity contribution is -0.136. The number of nitrogens with one attached hydrogen (secondary N) is 1. The second-order valence-electron chi connectivity index (χ2n) is 4.97. The summed E-state index contributed by atoms with van der Waals surface area (Å²) in [6.45, 7) is 2.86. The van der Waals surface area contributed by atoms with Crippen LogP contribution in [0.4, 0.5) is 0 Å². The highest BCUT2D eigenvalue weighted by molar-refractivity contribution is 5.82. The van der Waals surface area contributed by atoms with Crippen molar-refractivity contribution < 1.29 is 4.79 Å². The summed E-state index contributed by atoms with van der Waals surface area (Å²) in [5.41, 5.74) is 7.05. The van der Waals surface area contributed by atoms with Crippen LogP contribution in [-0.4, -0.2) is 33.6 Å². The fourth-order valence-corrected chi connectivity index (χ4v) is 2.63. The lowest BCUT2D eigenvalue weighted by Crippen LogP contribution is -2.47. The Hall–Kier alpha value is -1.36. The molecule has 0 aromatic carbocycles. The molecule has 5 heteroatoms. The number of amides is 1. The average Bonchev–Trinajstić information content (AvgIpc) is 2.92. The molecule has 1 amide bonds. The van der Waals surface area contributed by atoms with Gasteiger partial charge in [-0.2, -0.15) is 5.10 Å². The van der Waals surface area contributed by atoms with Gasteiger partial charge in [0.15, 0.2) is 0 Å². The zero-order valence-electron chi connectivity index (χ0n) is 10.9. The summed E-state index contributed by atoms with van der Waals surface area (Å²) in [6, 6.07) is -0.213. The highest BCUT2D eigenvalue weighted by Crippen LogP contribution is 2.30. The van der Waals surface area contributed by atoms with E-state index < -0.39 is 0 Å². The lowest BCUT2D eigenvalue weighted by Gasteiger charge is -2.36. The number of H-pyrrole nitrogens is 1. The molecule has 0 radical (unpaired) electrons. The Morgan fingerprint density at radius 3 is 3.17 bits per heavy atom. The number of nitrogens with zero attached hydrogens (tertiary/aromatic N) is 2. The number of carbonyl (C=O) groups is 1. The van der Waals surface area contributed by atoms with E-state index in [-0.39, 0.29) is 18.0 Å². The van der Waals surface area contributed by atoms with Crippen LogP contribution < -0.4 is 5.73 Å². The van der Waals surface area contributed by atoms with E-state index >= 15 is 0 Å². The van der Waals surface area contributed by atoms with E-state index in [4.69, 9.17) is 5.73 Å². The van der Waals surface area contributed by atoms with Crippen LogP contribution in [0.1, 0.15) is 50.6 Å².